The number of hydrogen-bond acceptors (Lipinski definition) is 3. The van der Waals surface area contributed by atoms with E-state index >= 15 is 0 Å². The fourth-order valence-corrected chi connectivity index (χ4v) is 2.62. The van der Waals surface area contributed by atoms with Crippen LogP contribution in [0.1, 0.15) is 27.2 Å². The van der Waals surface area contributed by atoms with Crippen molar-refractivity contribution in [3.05, 3.63) is 95.1 Å². The SMILES string of the molecule is Cc1ccc(CC(=O)NCc2cccc(NC(=O)c3ccc(F)cc3)c2)cn1. The Morgan fingerprint density at radius 1 is 1.00 bits per heavy atom. The average molecular weight is 377 g/mol. The first-order chi connectivity index (χ1) is 13.5. The highest BCUT2D eigenvalue weighted by molar-refractivity contribution is 6.04. The number of benzene rings is 2. The van der Waals surface area contributed by atoms with Gasteiger partial charge >= 0.3 is 0 Å². The van der Waals surface area contributed by atoms with Gasteiger partial charge < -0.3 is 10.6 Å². The van der Waals surface area contributed by atoms with Crippen molar-refractivity contribution in [1.29, 1.82) is 0 Å². The molecule has 0 saturated heterocycles. The first kappa shape index (κ1) is 19.2. The van der Waals surface area contributed by atoms with Crippen LogP contribution in [0, 0.1) is 12.7 Å². The number of nitrogens with one attached hydrogen (secondary N) is 2. The number of rotatable bonds is 6. The van der Waals surface area contributed by atoms with Gasteiger partial charge in [0.1, 0.15) is 5.82 Å². The largest absolute Gasteiger partial charge is 0.352 e. The molecule has 0 bridgehead atoms. The van der Waals surface area contributed by atoms with Crippen molar-refractivity contribution in [1.82, 2.24) is 10.3 Å². The molecule has 0 aliphatic heterocycles. The molecule has 3 aromatic rings. The third kappa shape index (κ3) is 5.48. The smallest absolute Gasteiger partial charge is 0.255 e. The molecule has 2 amide bonds. The number of anilines is 1. The molecule has 0 atom stereocenters. The van der Waals surface area contributed by atoms with Gasteiger partial charge in [0.25, 0.3) is 5.91 Å². The molecule has 2 N–H and O–H groups in total. The lowest BCUT2D eigenvalue weighted by Gasteiger charge is -2.09. The maximum atomic E-state index is 13.0. The lowest BCUT2D eigenvalue weighted by atomic mass is 10.1. The van der Waals surface area contributed by atoms with Crippen LogP contribution < -0.4 is 10.6 Å². The van der Waals surface area contributed by atoms with Crippen LogP contribution in [0.15, 0.2) is 66.9 Å². The number of pyridine rings is 1. The van der Waals surface area contributed by atoms with Crippen molar-refractivity contribution in [3.8, 4) is 0 Å². The third-order valence-electron chi connectivity index (χ3n) is 4.12. The quantitative estimate of drug-likeness (QED) is 0.689. The summed E-state index contributed by atoms with van der Waals surface area (Å²) in [6.45, 7) is 2.24. The van der Waals surface area contributed by atoms with Crippen LogP contribution in [-0.4, -0.2) is 16.8 Å². The second-order valence-electron chi connectivity index (χ2n) is 6.42. The Labute approximate surface area is 162 Å². The zero-order chi connectivity index (χ0) is 19.9. The molecule has 2 aromatic carbocycles. The summed E-state index contributed by atoms with van der Waals surface area (Å²) in [7, 11) is 0. The minimum Gasteiger partial charge on any atom is -0.352 e. The Hall–Kier alpha value is -3.54. The van der Waals surface area contributed by atoms with Crippen LogP contribution in [0.4, 0.5) is 10.1 Å². The molecule has 6 heteroatoms. The molecule has 0 fully saturated rings. The fourth-order valence-electron chi connectivity index (χ4n) is 2.62. The van der Waals surface area contributed by atoms with E-state index in [-0.39, 0.29) is 18.2 Å². The van der Waals surface area contributed by atoms with E-state index < -0.39 is 5.82 Å². The molecule has 1 heterocycles. The zero-order valence-electron chi connectivity index (χ0n) is 15.4. The highest BCUT2D eigenvalue weighted by Crippen LogP contribution is 2.13. The number of halogens is 1. The molecule has 28 heavy (non-hydrogen) atoms. The number of carbonyl (C=O) groups excluding carboxylic acids is 2. The van der Waals surface area contributed by atoms with Crippen molar-refractivity contribution in [2.24, 2.45) is 0 Å². The fraction of sp³-hybridized carbons (Fsp3) is 0.136. The number of nitrogens with zero attached hydrogens (tertiary/aromatic N) is 1. The summed E-state index contributed by atoms with van der Waals surface area (Å²) in [6, 6.07) is 16.3. The third-order valence-corrected chi connectivity index (χ3v) is 4.12. The van der Waals surface area contributed by atoms with Gasteiger partial charge in [-0.15, -0.1) is 0 Å². The lowest BCUT2D eigenvalue weighted by molar-refractivity contribution is -0.120. The highest BCUT2D eigenvalue weighted by Gasteiger charge is 2.08. The van der Waals surface area contributed by atoms with Gasteiger partial charge in [0.05, 0.1) is 6.42 Å². The second kappa shape index (κ2) is 8.90. The molecule has 142 valence electrons. The number of hydrogen-bond donors (Lipinski definition) is 2. The number of amides is 2. The van der Waals surface area contributed by atoms with E-state index in [9.17, 15) is 14.0 Å². The van der Waals surface area contributed by atoms with Gasteiger partial charge in [0.15, 0.2) is 0 Å². The molecule has 1 aromatic heterocycles. The highest BCUT2D eigenvalue weighted by atomic mass is 19.1. The summed E-state index contributed by atoms with van der Waals surface area (Å²) in [5, 5.41) is 5.63. The Morgan fingerprint density at radius 3 is 2.50 bits per heavy atom. The normalized spacial score (nSPS) is 10.4. The van der Waals surface area contributed by atoms with Gasteiger partial charge in [-0.25, -0.2) is 4.39 Å². The summed E-state index contributed by atoms with van der Waals surface area (Å²) < 4.78 is 13.0. The molecule has 5 nitrogen and oxygen atoms in total. The van der Waals surface area contributed by atoms with Crippen molar-refractivity contribution in [3.63, 3.8) is 0 Å². The van der Waals surface area contributed by atoms with E-state index in [2.05, 4.69) is 15.6 Å². The monoisotopic (exact) mass is 377 g/mol. The number of aromatic nitrogens is 1. The molecule has 0 aliphatic carbocycles. The Bertz CT molecular complexity index is 970. The minimum atomic E-state index is -0.393. The molecular formula is C22H20FN3O2. The summed E-state index contributed by atoms with van der Waals surface area (Å²) in [4.78, 5) is 28.5. The minimum absolute atomic E-state index is 0.105. The summed E-state index contributed by atoms with van der Waals surface area (Å²) in [5.74, 6) is -0.824. The Balaban J connectivity index is 1.55. The van der Waals surface area contributed by atoms with Crippen LogP contribution in [0.3, 0.4) is 0 Å². The van der Waals surface area contributed by atoms with Gasteiger partial charge in [-0.1, -0.05) is 18.2 Å². The van der Waals surface area contributed by atoms with Crippen LogP contribution in [0.25, 0.3) is 0 Å². The van der Waals surface area contributed by atoms with Crippen molar-refractivity contribution in [2.75, 3.05) is 5.32 Å². The van der Waals surface area contributed by atoms with Crippen LogP contribution >= 0.6 is 0 Å². The van der Waals surface area contributed by atoms with E-state index in [0.717, 1.165) is 16.8 Å². The molecule has 3 rings (SSSR count). The average Bonchev–Trinajstić information content (AvgIpc) is 2.69. The maximum Gasteiger partial charge on any atom is 0.255 e. The van der Waals surface area contributed by atoms with Crippen molar-refractivity contribution >= 4 is 17.5 Å². The Morgan fingerprint density at radius 2 is 1.79 bits per heavy atom. The van der Waals surface area contributed by atoms with Gasteiger partial charge in [-0.3, -0.25) is 14.6 Å². The maximum absolute atomic E-state index is 13.0. The molecule has 0 radical (unpaired) electrons. The van der Waals surface area contributed by atoms with Crippen LogP contribution in [-0.2, 0) is 17.8 Å². The van der Waals surface area contributed by atoms with E-state index in [4.69, 9.17) is 0 Å². The summed E-state index contributed by atoms with van der Waals surface area (Å²) in [6.07, 6.45) is 1.95. The van der Waals surface area contributed by atoms with E-state index in [0.29, 0.717) is 17.8 Å². The van der Waals surface area contributed by atoms with Gasteiger partial charge in [-0.05, 0) is 60.5 Å². The number of aryl methyl sites for hydroxylation is 1. The predicted octanol–water partition coefficient (Wildman–Crippen LogP) is 3.64. The number of carbonyl (C=O) groups is 2. The van der Waals surface area contributed by atoms with Gasteiger partial charge in [-0.2, -0.15) is 0 Å². The predicted molar refractivity (Wildman–Crippen MR) is 105 cm³/mol. The van der Waals surface area contributed by atoms with Crippen molar-refractivity contribution < 1.29 is 14.0 Å². The first-order valence-electron chi connectivity index (χ1n) is 8.84. The molecule has 0 spiro atoms. The van der Waals surface area contributed by atoms with Gasteiger partial charge in [0.2, 0.25) is 5.91 Å². The standard InChI is InChI=1S/C22H20FN3O2/c1-15-5-6-17(13-24-15)12-21(27)25-14-16-3-2-4-20(11-16)26-22(28)18-7-9-19(23)10-8-18/h2-11,13H,12,14H2,1H3,(H,25,27)(H,26,28). The van der Waals surface area contributed by atoms with Crippen LogP contribution in [0.2, 0.25) is 0 Å². The summed E-state index contributed by atoms with van der Waals surface area (Å²) >= 11 is 0. The second-order valence-corrected chi connectivity index (χ2v) is 6.42. The first-order valence-corrected chi connectivity index (χ1v) is 8.84. The Kier molecular flexibility index (Phi) is 6.11. The van der Waals surface area contributed by atoms with E-state index in [1.54, 1.807) is 24.4 Å². The van der Waals surface area contributed by atoms with E-state index in [1.807, 2.05) is 25.1 Å². The molecule has 0 aliphatic rings. The van der Waals surface area contributed by atoms with Gasteiger partial charge in [0, 0.05) is 29.7 Å². The molecular weight excluding hydrogens is 357 g/mol. The van der Waals surface area contributed by atoms with Crippen molar-refractivity contribution in [2.45, 2.75) is 19.9 Å². The molecule has 0 unspecified atom stereocenters. The van der Waals surface area contributed by atoms with E-state index in [1.165, 1.54) is 24.3 Å². The molecule has 0 saturated carbocycles. The van der Waals surface area contributed by atoms with Crippen LogP contribution in [0.5, 0.6) is 0 Å². The topological polar surface area (TPSA) is 71.1 Å². The summed E-state index contributed by atoms with van der Waals surface area (Å²) in [5.41, 5.74) is 3.58. The lowest BCUT2D eigenvalue weighted by Crippen LogP contribution is -2.24. The zero-order valence-corrected chi connectivity index (χ0v) is 15.4.